The van der Waals surface area contributed by atoms with Crippen molar-refractivity contribution in [3.8, 4) is 0 Å². The van der Waals surface area contributed by atoms with Gasteiger partial charge in [-0.15, -0.1) is 0 Å². The average molecular weight is 215 g/mol. The Morgan fingerprint density at radius 1 is 1.27 bits per heavy atom. The molecular formula is C11H12F3N. The van der Waals surface area contributed by atoms with Gasteiger partial charge in [0.25, 0.3) is 0 Å². The van der Waals surface area contributed by atoms with E-state index in [1.807, 2.05) is 0 Å². The van der Waals surface area contributed by atoms with Gasteiger partial charge in [-0.25, -0.2) is 0 Å². The average Bonchev–Trinajstić information content (AvgIpc) is 2.16. The molecule has 0 saturated carbocycles. The van der Waals surface area contributed by atoms with Crippen molar-refractivity contribution in [3.05, 3.63) is 34.9 Å². The van der Waals surface area contributed by atoms with Crippen molar-refractivity contribution in [2.45, 2.75) is 31.5 Å². The predicted molar refractivity (Wildman–Crippen MR) is 51.3 cm³/mol. The molecule has 0 saturated heterocycles. The first-order chi connectivity index (χ1) is 7.00. The van der Waals surface area contributed by atoms with Gasteiger partial charge < -0.3 is 5.73 Å². The minimum Gasteiger partial charge on any atom is -0.324 e. The summed E-state index contributed by atoms with van der Waals surface area (Å²) in [5.74, 6) is 0. The SMILES string of the molecule is N[C@@H]1CCCc2c1cccc2C(F)(F)F. The van der Waals surface area contributed by atoms with Gasteiger partial charge in [-0.2, -0.15) is 13.2 Å². The monoisotopic (exact) mass is 215 g/mol. The Labute approximate surface area is 86.1 Å². The second-order valence-corrected chi connectivity index (χ2v) is 3.87. The zero-order chi connectivity index (χ0) is 11.1. The largest absolute Gasteiger partial charge is 0.416 e. The molecule has 0 bridgehead atoms. The smallest absolute Gasteiger partial charge is 0.324 e. The number of hydrogen-bond donors (Lipinski definition) is 1. The van der Waals surface area contributed by atoms with Crippen LogP contribution in [-0.4, -0.2) is 0 Å². The van der Waals surface area contributed by atoms with Crippen molar-refractivity contribution in [2.75, 3.05) is 0 Å². The molecule has 2 N–H and O–H groups in total. The molecule has 0 heterocycles. The molecule has 1 aliphatic carbocycles. The third kappa shape index (κ3) is 1.86. The highest BCUT2D eigenvalue weighted by atomic mass is 19.4. The zero-order valence-corrected chi connectivity index (χ0v) is 8.14. The maximum atomic E-state index is 12.7. The zero-order valence-electron chi connectivity index (χ0n) is 8.14. The Kier molecular flexibility index (Phi) is 2.46. The summed E-state index contributed by atoms with van der Waals surface area (Å²) in [4.78, 5) is 0. The number of halogens is 3. The lowest BCUT2D eigenvalue weighted by Crippen LogP contribution is -2.21. The third-order valence-corrected chi connectivity index (χ3v) is 2.86. The molecule has 0 amide bonds. The molecule has 1 aliphatic rings. The van der Waals surface area contributed by atoms with E-state index in [0.29, 0.717) is 17.5 Å². The molecule has 4 heteroatoms. The van der Waals surface area contributed by atoms with Crippen molar-refractivity contribution in [1.82, 2.24) is 0 Å². The molecule has 0 spiro atoms. The first-order valence-electron chi connectivity index (χ1n) is 4.94. The first kappa shape index (κ1) is 10.5. The van der Waals surface area contributed by atoms with Gasteiger partial charge in [0.15, 0.2) is 0 Å². The van der Waals surface area contributed by atoms with Crippen LogP contribution in [0, 0.1) is 0 Å². The third-order valence-electron chi connectivity index (χ3n) is 2.86. The van der Waals surface area contributed by atoms with Crippen LogP contribution in [0.4, 0.5) is 13.2 Å². The normalized spacial score (nSPS) is 21.2. The van der Waals surface area contributed by atoms with Gasteiger partial charge in [0.05, 0.1) is 5.56 Å². The minimum absolute atomic E-state index is 0.240. The summed E-state index contributed by atoms with van der Waals surface area (Å²) in [6.45, 7) is 0. The van der Waals surface area contributed by atoms with Crippen molar-refractivity contribution < 1.29 is 13.2 Å². The molecule has 0 radical (unpaired) electrons. The molecule has 1 atom stereocenters. The summed E-state index contributed by atoms with van der Waals surface area (Å²) in [6.07, 6.45) is -2.27. The van der Waals surface area contributed by atoms with Gasteiger partial charge in [-0.05, 0) is 36.5 Å². The quantitative estimate of drug-likeness (QED) is 0.707. The lowest BCUT2D eigenvalue weighted by Gasteiger charge is -2.25. The van der Waals surface area contributed by atoms with E-state index in [4.69, 9.17) is 5.73 Å². The molecule has 15 heavy (non-hydrogen) atoms. The molecule has 1 aromatic carbocycles. The van der Waals surface area contributed by atoms with E-state index in [1.54, 1.807) is 6.07 Å². The summed E-state index contributed by atoms with van der Waals surface area (Å²) in [7, 11) is 0. The first-order valence-corrected chi connectivity index (χ1v) is 4.94. The fourth-order valence-corrected chi connectivity index (χ4v) is 2.15. The maximum absolute atomic E-state index is 12.7. The molecule has 82 valence electrons. The van der Waals surface area contributed by atoms with Crippen LogP contribution in [0.5, 0.6) is 0 Å². The summed E-state index contributed by atoms with van der Waals surface area (Å²) in [5, 5.41) is 0. The van der Waals surface area contributed by atoms with Crippen molar-refractivity contribution in [3.63, 3.8) is 0 Å². The van der Waals surface area contributed by atoms with Gasteiger partial charge in [0.1, 0.15) is 0 Å². The van der Waals surface area contributed by atoms with Crippen molar-refractivity contribution in [2.24, 2.45) is 5.73 Å². The Morgan fingerprint density at radius 2 is 2.00 bits per heavy atom. The van der Waals surface area contributed by atoms with E-state index in [1.165, 1.54) is 6.07 Å². The van der Waals surface area contributed by atoms with Crippen LogP contribution >= 0.6 is 0 Å². The summed E-state index contributed by atoms with van der Waals surface area (Å²) >= 11 is 0. The Balaban J connectivity index is 2.54. The standard InChI is InChI=1S/C11H12F3N/c12-11(13,14)9-5-1-4-8-7(9)3-2-6-10(8)15/h1,4-5,10H,2-3,6,15H2/t10-/m1/s1. The number of fused-ring (bicyclic) bond motifs is 1. The van der Waals surface area contributed by atoms with Crippen LogP contribution < -0.4 is 5.73 Å². The Hall–Kier alpha value is -1.03. The molecule has 0 fully saturated rings. The van der Waals surface area contributed by atoms with Gasteiger partial charge in [0, 0.05) is 6.04 Å². The van der Waals surface area contributed by atoms with E-state index >= 15 is 0 Å². The van der Waals surface area contributed by atoms with Gasteiger partial charge in [-0.1, -0.05) is 12.1 Å². The van der Waals surface area contributed by atoms with Crippen LogP contribution in [0.25, 0.3) is 0 Å². The fourth-order valence-electron chi connectivity index (χ4n) is 2.15. The van der Waals surface area contributed by atoms with Crippen molar-refractivity contribution in [1.29, 1.82) is 0 Å². The van der Waals surface area contributed by atoms with E-state index in [9.17, 15) is 13.2 Å². The Morgan fingerprint density at radius 3 is 2.67 bits per heavy atom. The molecule has 0 aliphatic heterocycles. The van der Waals surface area contributed by atoms with Crippen LogP contribution in [0.3, 0.4) is 0 Å². The number of rotatable bonds is 0. The van der Waals surface area contributed by atoms with Gasteiger partial charge in [0.2, 0.25) is 0 Å². The lowest BCUT2D eigenvalue weighted by atomic mass is 9.85. The van der Waals surface area contributed by atoms with E-state index in [0.717, 1.165) is 18.9 Å². The van der Waals surface area contributed by atoms with Crippen LogP contribution in [0.1, 0.15) is 35.6 Å². The van der Waals surface area contributed by atoms with Crippen LogP contribution in [0.15, 0.2) is 18.2 Å². The van der Waals surface area contributed by atoms with Crippen LogP contribution in [-0.2, 0) is 12.6 Å². The van der Waals surface area contributed by atoms with E-state index < -0.39 is 11.7 Å². The number of nitrogens with two attached hydrogens (primary N) is 1. The van der Waals surface area contributed by atoms with Crippen molar-refractivity contribution >= 4 is 0 Å². The second-order valence-electron chi connectivity index (χ2n) is 3.87. The molecule has 0 aromatic heterocycles. The molecule has 1 aromatic rings. The number of hydrogen-bond acceptors (Lipinski definition) is 1. The minimum atomic E-state index is -4.26. The molecular weight excluding hydrogens is 203 g/mol. The fraction of sp³-hybridized carbons (Fsp3) is 0.455. The topological polar surface area (TPSA) is 26.0 Å². The summed E-state index contributed by atoms with van der Waals surface area (Å²) in [5.41, 5.74) is 6.33. The number of alkyl halides is 3. The summed E-state index contributed by atoms with van der Waals surface area (Å²) < 4.78 is 38.0. The maximum Gasteiger partial charge on any atom is 0.416 e. The predicted octanol–water partition coefficient (Wildman–Crippen LogP) is 3.04. The molecule has 1 nitrogen and oxygen atoms in total. The molecule has 0 unspecified atom stereocenters. The van der Waals surface area contributed by atoms with Crippen LogP contribution in [0.2, 0.25) is 0 Å². The van der Waals surface area contributed by atoms with E-state index in [2.05, 4.69) is 0 Å². The second kappa shape index (κ2) is 3.52. The van der Waals surface area contributed by atoms with Gasteiger partial charge >= 0.3 is 6.18 Å². The highest BCUT2D eigenvalue weighted by Gasteiger charge is 2.35. The highest BCUT2D eigenvalue weighted by molar-refractivity contribution is 5.40. The van der Waals surface area contributed by atoms with Gasteiger partial charge in [-0.3, -0.25) is 0 Å². The Bertz CT molecular complexity index is 371. The molecule has 2 rings (SSSR count). The van der Waals surface area contributed by atoms with E-state index in [-0.39, 0.29) is 6.04 Å². The highest BCUT2D eigenvalue weighted by Crippen LogP contribution is 2.38. The lowest BCUT2D eigenvalue weighted by molar-refractivity contribution is -0.138. The number of benzene rings is 1. The summed E-state index contributed by atoms with van der Waals surface area (Å²) in [6, 6.07) is 4.04.